The van der Waals surface area contributed by atoms with E-state index in [0.717, 1.165) is 17.7 Å². The molecular formula is C15H13F2N3O. The molecule has 0 saturated heterocycles. The Labute approximate surface area is 120 Å². The smallest absolute Gasteiger partial charge is 0.221 e. The van der Waals surface area contributed by atoms with Crippen LogP contribution in [0.3, 0.4) is 0 Å². The number of benzene rings is 2. The minimum absolute atomic E-state index is 0.0857. The molecule has 2 aromatic rings. The highest BCUT2D eigenvalue weighted by atomic mass is 19.1. The van der Waals surface area contributed by atoms with Crippen LogP contribution in [0.25, 0.3) is 0 Å². The summed E-state index contributed by atoms with van der Waals surface area (Å²) in [6, 6.07) is 10.1. The Balaban J connectivity index is 1.99. The van der Waals surface area contributed by atoms with Crippen LogP contribution < -0.4 is 10.7 Å². The van der Waals surface area contributed by atoms with Gasteiger partial charge in [-0.3, -0.25) is 10.2 Å². The lowest BCUT2D eigenvalue weighted by Gasteiger charge is -2.03. The average Bonchev–Trinajstić information content (AvgIpc) is 2.42. The molecule has 0 unspecified atom stereocenters. The molecule has 0 saturated carbocycles. The van der Waals surface area contributed by atoms with Gasteiger partial charge >= 0.3 is 0 Å². The van der Waals surface area contributed by atoms with E-state index in [9.17, 15) is 13.6 Å². The van der Waals surface area contributed by atoms with E-state index in [1.807, 2.05) is 0 Å². The molecule has 6 heteroatoms. The molecule has 0 fully saturated rings. The zero-order valence-corrected chi connectivity index (χ0v) is 11.2. The maximum absolute atomic E-state index is 13.3. The number of hydrazone groups is 1. The largest absolute Gasteiger partial charge is 0.326 e. The molecule has 0 bridgehead atoms. The Bertz CT molecular complexity index is 669. The first kappa shape index (κ1) is 14.6. The fraction of sp³-hybridized carbons (Fsp3) is 0.0667. The van der Waals surface area contributed by atoms with Gasteiger partial charge in [0.1, 0.15) is 5.82 Å². The van der Waals surface area contributed by atoms with Gasteiger partial charge in [-0.2, -0.15) is 5.10 Å². The summed E-state index contributed by atoms with van der Waals surface area (Å²) in [6.07, 6.45) is 1.49. The molecule has 0 atom stereocenters. The Morgan fingerprint density at radius 2 is 1.86 bits per heavy atom. The van der Waals surface area contributed by atoms with E-state index in [-0.39, 0.29) is 11.6 Å². The number of amides is 1. The minimum atomic E-state index is -0.715. The molecule has 0 radical (unpaired) electrons. The van der Waals surface area contributed by atoms with Crippen molar-refractivity contribution >= 4 is 23.5 Å². The fourth-order valence-electron chi connectivity index (χ4n) is 1.61. The lowest BCUT2D eigenvalue weighted by molar-refractivity contribution is -0.114. The van der Waals surface area contributed by atoms with E-state index in [4.69, 9.17) is 0 Å². The van der Waals surface area contributed by atoms with Crippen molar-refractivity contribution in [2.24, 2.45) is 5.10 Å². The van der Waals surface area contributed by atoms with Crippen molar-refractivity contribution in [3.8, 4) is 0 Å². The zero-order chi connectivity index (χ0) is 15.2. The maximum atomic E-state index is 13.3. The summed E-state index contributed by atoms with van der Waals surface area (Å²) < 4.78 is 26.1. The number of hydrogen-bond donors (Lipinski definition) is 2. The van der Waals surface area contributed by atoms with Crippen LogP contribution in [-0.2, 0) is 4.79 Å². The van der Waals surface area contributed by atoms with Crippen LogP contribution in [0, 0.1) is 11.6 Å². The lowest BCUT2D eigenvalue weighted by Crippen LogP contribution is -2.05. The van der Waals surface area contributed by atoms with Crippen LogP contribution in [0.4, 0.5) is 20.2 Å². The summed E-state index contributed by atoms with van der Waals surface area (Å²) in [4.78, 5) is 10.9. The van der Waals surface area contributed by atoms with Crippen LogP contribution >= 0.6 is 0 Å². The highest BCUT2D eigenvalue weighted by Gasteiger charge is 2.01. The number of nitrogens with one attached hydrogen (secondary N) is 2. The Kier molecular flexibility index (Phi) is 4.61. The SMILES string of the molecule is CC(=O)Nc1ccc(/C=N\Nc2ccc(F)cc2F)cc1. The number of halogens is 2. The molecule has 1 amide bonds. The van der Waals surface area contributed by atoms with Crippen molar-refractivity contribution in [2.45, 2.75) is 6.92 Å². The second-order valence-corrected chi connectivity index (χ2v) is 4.30. The van der Waals surface area contributed by atoms with E-state index in [1.54, 1.807) is 24.3 Å². The van der Waals surface area contributed by atoms with Crippen LogP contribution in [0.2, 0.25) is 0 Å². The van der Waals surface area contributed by atoms with E-state index >= 15 is 0 Å². The third-order valence-corrected chi connectivity index (χ3v) is 2.56. The molecule has 0 aliphatic rings. The minimum Gasteiger partial charge on any atom is -0.326 e. The van der Waals surface area contributed by atoms with Gasteiger partial charge in [0.15, 0.2) is 5.82 Å². The summed E-state index contributed by atoms with van der Waals surface area (Å²) in [7, 11) is 0. The van der Waals surface area contributed by atoms with Gasteiger partial charge in [-0.25, -0.2) is 8.78 Å². The van der Waals surface area contributed by atoms with Crippen LogP contribution in [0.5, 0.6) is 0 Å². The summed E-state index contributed by atoms with van der Waals surface area (Å²) in [5.74, 6) is -1.51. The zero-order valence-electron chi connectivity index (χ0n) is 11.2. The first-order chi connectivity index (χ1) is 10.0. The van der Waals surface area contributed by atoms with Gasteiger partial charge in [0.2, 0.25) is 5.91 Å². The molecule has 0 spiro atoms. The molecule has 0 aromatic heterocycles. The van der Waals surface area contributed by atoms with Gasteiger partial charge < -0.3 is 5.32 Å². The summed E-state index contributed by atoms with van der Waals surface area (Å²) in [5, 5.41) is 6.51. The van der Waals surface area contributed by atoms with Crippen LogP contribution in [-0.4, -0.2) is 12.1 Å². The van der Waals surface area contributed by atoms with Crippen molar-refractivity contribution < 1.29 is 13.6 Å². The van der Waals surface area contributed by atoms with Crippen molar-refractivity contribution in [1.82, 2.24) is 0 Å². The standard InChI is InChI=1S/C15H13F2N3O/c1-10(21)19-13-5-2-11(3-6-13)9-18-20-15-7-4-12(16)8-14(15)17/h2-9,20H,1H3,(H,19,21)/b18-9-. The van der Waals surface area contributed by atoms with Crippen molar-refractivity contribution in [3.05, 3.63) is 59.7 Å². The Morgan fingerprint density at radius 3 is 2.48 bits per heavy atom. The molecule has 0 aliphatic carbocycles. The molecule has 2 N–H and O–H groups in total. The van der Waals surface area contributed by atoms with E-state index in [0.29, 0.717) is 5.69 Å². The number of nitrogens with zero attached hydrogens (tertiary/aromatic N) is 1. The second-order valence-electron chi connectivity index (χ2n) is 4.30. The summed E-state index contributed by atoms with van der Waals surface area (Å²) >= 11 is 0. The molecule has 2 rings (SSSR count). The van der Waals surface area contributed by atoms with Gasteiger partial charge in [-0.05, 0) is 29.8 Å². The van der Waals surface area contributed by atoms with Gasteiger partial charge in [-0.15, -0.1) is 0 Å². The van der Waals surface area contributed by atoms with Crippen LogP contribution in [0.1, 0.15) is 12.5 Å². The Hall–Kier alpha value is -2.76. The first-order valence-electron chi connectivity index (χ1n) is 6.16. The third-order valence-electron chi connectivity index (χ3n) is 2.56. The van der Waals surface area contributed by atoms with Gasteiger partial charge in [0, 0.05) is 18.7 Å². The maximum Gasteiger partial charge on any atom is 0.221 e. The average molecular weight is 289 g/mol. The fourth-order valence-corrected chi connectivity index (χ4v) is 1.61. The lowest BCUT2D eigenvalue weighted by atomic mass is 10.2. The number of rotatable bonds is 4. The molecule has 0 aliphatic heterocycles. The normalized spacial score (nSPS) is 10.6. The molecule has 21 heavy (non-hydrogen) atoms. The highest BCUT2D eigenvalue weighted by Crippen LogP contribution is 2.14. The van der Waals surface area contributed by atoms with E-state index in [1.165, 1.54) is 19.2 Å². The summed E-state index contributed by atoms with van der Waals surface area (Å²) in [5.41, 5.74) is 4.02. The molecular weight excluding hydrogens is 276 g/mol. The third kappa shape index (κ3) is 4.38. The van der Waals surface area contributed by atoms with E-state index in [2.05, 4.69) is 15.8 Å². The molecule has 0 heterocycles. The molecule has 4 nitrogen and oxygen atoms in total. The van der Waals surface area contributed by atoms with Crippen LogP contribution in [0.15, 0.2) is 47.6 Å². The second kappa shape index (κ2) is 6.60. The molecule has 2 aromatic carbocycles. The summed E-state index contributed by atoms with van der Waals surface area (Å²) in [6.45, 7) is 1.43. The van der Waals surface area contributed by atoms with Gasteiger partial charge in [-0.1, -0.05) is 12.1 Å². The quantitative estimate of drug-likeness (QED) is 0.669. The van der Waals surface area contributed by atoms with Crippen molar-refractivity contribution in [2.75, 3.05) is 10.7 Å². The number of carbonyl (C=O) groups is 1. The predicted octanol–water partition coefficient (Wildman–Crippen LogP) is 3.37. The van der Waals surface area contributed by atoms with Crippen molar-refractivity contribution in [1.29, 1.82) is 0 Å². The monoisotopic (exact) mass is 289 g/mol. The van der Waals surface area contributed by atoms with E-state index < -0.39 is 11.6 Å². The number of anilines is 2. The Morgan fingerprint density at radius 1 is 1.14 bits per heavy atom. The topological polar surface area (TPSA) is 53.5 Å². The number of hydrogen-bond acceptors (Lipinski definition) is 3. The van der Waals surface area contributed by atoms with Gasteiger partial charge in [0.05, 0.1) is 11.9 Å². The van der Waals surface area contributed by atoms with Crippen molar-refractivity contribution in [3.63, 3.8) is 0 Å². The van der Waals surface area contributed by atoms with Gasteiger partial charge in [0.25, 0.3) is 0 Å². The number of carbonyl (C=O) groups excluding carboxylic acids is 1. The highest BCUT2D eigenvalue weighted by molar-refractivity contribution is 5.89. The predicted molar refractivity (Wildman–Crippen MR) is 78.3 cm³/mol. The first-order valence-corrected chi connectivity index (χ1v) is 6.16. The molecule has 108 valence electrons.